The molecule has 0 radical (unpaired) electrons. The average Bonchev–Trinajstić information content (AvgIpc) is 2.95. The normalized spacial score (nSPS) is 16.2. The van der Waals surface area contributed by atoms with Crippen molar-refractivity contribution in [1.29, 1.82) is 0 Å². The Morgan fingerprint density at radius 1 is 1.12 bits per heavy atom. The Balaban J connectivity index is 1.86. The molecule has 1 fully saturated rings. The lowest BCUT2D eigenvalue weighted by Gasteiger charge is -2.17. The summed E-state index contributed by atoms with van der Waals surface area (Å²) < 4.78 is 38.7. The van der Waals surface area contributed by atoms with Crippen LogP contribution >= 0.6 is 11.8 Å². The van der Waals surface area contributed by atoms with E-state index in [0.717, 1.165) is 28.8 Å². The molecule has 0 saturated carbocycles. The third kappa shape index (κ3) is 4.05. The smallest absolute Gasteiger partial charge is 0.306 e. The number of carbonyl (C=O) groups excluding carboxylic acids is 2. The first kappa shape index (κ1) is 18.0. The summed E-state index contributed by atoms with van der Waals surface area (Å²) >= 11 is 0.990. The van der Waals surface area contributed by atoms with Crippen molar-refractivity contribution in [2.24, 2.45) is 4.99 Å². The summed E-state index contributed by atoms with van der Waals surface area (Å²) in [5, 5.41) is 2.56. The number of hydrogen-bond acceptors (Lipinski definition) is 3. The predicted octanol–water partition coefficient (Wildman–Crippen LogP) is 4.37. The van der Waals surface area contributed by atoms with Crippen molar-refractivity contribution in [3.8, 4) is 0 Å². The van der Waals surface area contributed by atoms with Gasteiger partial charge in [-0.15, -0.1) is 0 Å². The van der Waals surface area contributed by atoms with E-state index in [1.807, 2.05) is 0 Å². The Kier molecular flexibility index (Phi) is 4.99. The number of rotatable bonds is 2. The molecular weight excluding hydrogens is 367 g/mol. The van der Waals surface area contributed by atoms with Crippen molar-refractivity contribution in [3.63, 3.8) is 0 Å². The number of nitrogens with zero attached hydrogens (tertiary/aromatic N) is 2. The largest absolute Gasteiger partial charge is 0.416 e. The molecule has 1 aliphatic rings. The van der Waals surface area contributed by atoms with Gasteiger partial charge in [0, 0.05) is 5.69 Å². The SMILES string of the molecule is O=C(/N=C1\SCC(=O)N1c1cccc(C(F)(F)F)c1)Nc1ccccc1. The number of halogens is 3. The van der Waals surface area contributed by atoms with Gasteiger partial charge in [0.2, 0.25) is 5.91 Å². The highest BCUT2D eigenvalue weighted by Gasteiger charge is 2.34. The first-order valence-corrected chi connectivity index (χ1v) is 8.41. The highest BCUT2D eigenvalue weighted by atomic mass is 32.2. The van der Waals surface area contributed by atoms with E-state index >= 15 is 0 Å². The van der Waals surface area contributed by atoms with E-state index in [1.54, 1.807) is 30.3 Å². The lowest BCUT2D eigenvalue weighted by atomic mass is 10.2. The number of aliphatic imine (C=N–C) groups is 1. The van der Waals surface area contributed by atoms with Crippen molar-refractivity contribution in [2.75, 3.05) is 16.0 Å². The average molecular weight is 379 g/mol. The van der Waals surface area contributed by atoms with Crippen LogP contribution in [0.25, 0.3) is 0 Å². The number of thioether (sulfide) groups is 1. The minimum Gasteiger partial charge on any atom is -0.306 e. The van der Waals surface area contributed by atoms with E-state index in [4.69, 9.17) is 0 Å². The maximum Gasteiger partial charge on any atom is 0.416 e. The third-order valence-electron chi connectivity index (χ3n) is 3.42. The van der Waals surface area contributed by atoms with Crippen molar-refractivity contribution in [1.82, 2.24) is 0 Å². The second-order valence-electron chi connectivity index (χ2n) is 5.26. The molecule has 1 heterocycles. The summed E-state index contributed by atoms with van der Waals surface area (Å²) in [6.07, 6.45) is -4.53. The molecule has 0 atom stereocenters. The molecule has 0 spiro atoms. The monoisotopic (exact) mass is 379 g/mol. The van der Waals surface area contributed by atoms with Gasteiger partial charge in [-0.2, -0.15) is 18.2 Å². The van der Waals surface area contributed by atoms with E-state index in [2.05, 4.69) is 10.3 Å². The maximum absolute atomic E-state index is 12.9. The maximum atomic E-state index is 12.9. The van der Waals surface area contributed by atoms with Gasteiger partial charge in [0.25, 0.3) is 0 Å². The number of benzene rings is 2. The van der Waals surface area contributed by atoms with Gasteiger partial charge in [0.15, 0.2) is 5.17 Å². The van der Waals surface area contributed by atoms with Crippen molar-refractivity contribution in [3.05, 3.63) is 60.2 Å². The van der Waals surface area contributed by atoms with Crippen LogP contribution in [-0.2, 0) is 11.0 Å². The summed E-state index contributed by atoms with van der Waals surface area (Å²) in [6, 6.07) is 12.2. The van der Waals surface area contributed by atoms with E-state index in [0.29, 0.717) is 5.69 Å². The zero-order chi connectivity index (χ0) is 18.7. The van der Waals surface area contributed by atoms with Crippen LogP contribution < -0.4 is 10.2 Å². The Labute approximate surface area is 150 Å². The van der Waals surface area contributed by atoms with Gasteiger partial charge in [-0.3, -0.25) is 9.69 Å². The van der Waals surface area contributed by atoms with Crippen LogP contribution in [0.3, 0.4) is 0 Å². The van der Waals surface area contributed by atoms with E-state index in [9.17, 15) is 22.8 Å². The summed E-state index contributed by atoms with van der Waals surface area (Å²) in [4.78, 5) is 29.0. The second-order valence-corrected chi connectivity index (χ2v) is 6.20. The van der Waals surface area contributed by atoms with Crippen LogP contribution in [0, 0.1) is 0 Å². The Bertz CT molecular complexity index is 869. The van der Waals surface area contributed by atoms with Crippen LogP contribution in [0.4, 0.5) is 29.3 Å². The number of amidine groups is 1. The number of nitrogens with one attached hydrogen (secondary N) is 1. The van der Waals surface area contributed by atoms with E-state index in [1.165, 1.54) is 12.1 Å². The molecule has 1 aliphatic heterocycles. The molecule has 0 aromatic heterocycles. The predicted molar refractivity (Wildman–Crippen MR) is 94.3 cm³/mol. The summed E-state index contributed by atoms with van der Waals surface area (Å²) in [5.41, 5.74) is -0.351. The summed E-state index contributed by atoms with van der Waals surface area (Å²) in [7, 11) is 0. The van der Waals surface area contributed by atoms with Crippen LogP contribution in [0.2, 0.25) is 0 Å². The van der Waals surface area contributed by atoms with Crippen LogP contribution in [0.1, 0.15) is 5.56 Å². The topological polar surface area (TPSA) is 61.8 Å². The molecule has 134 valence electrons. The molecule has 3 rings (SSSR count). The van der Waals surface area contributed by atoms with Gasteiger partial charge in [-0.05, 0) is 30.3 Å². The van der Waals surface area contributed by atoms with E-state index in [-0.39, 0.29) is 16.6 Å². The molecule has 2 aromatic rings. The Hall–Kier alpha value is -2.81. The molecular formula is C17H12F3N3O2S. The first-order chi connectivity index (χ1) is 12.3. The van der Waals surface area contributed by atoms with Crippen LogP contribution in [-0.4, -0.2) is 22.9 Å². The molecule has 0 aliphatic carbocycles. The number of amides is 3. The van der Waals surface area contributed by atoms with Gasteiger partial charge in [0.1, 0.15) is 0 Å². The molecule has 26 heavy (non-hydrogen) atoms. The highest BCUT2D eigenvalue weighted by Crippen LogP contribution is 2.34. The minimum atomic E-state index is -4.53. The van der Waals surface area contributed by atoms with Crippen molar-refractivity contribution in [2.45, 2.75) is 6.18 Å². The lowest BCUT2D eigenvalue weighted by molar-refractivity contribution is -0.137. The molecule has 1 saturated heterocycles. The number of urea groups is 1. The van der Waals surface area contributed by atoms with Crippen LogP contribution in [0.5, 0.6) is 0 Å². The molecule has 3 amide bonds. The van der Waals surface area contributed by atoms with Crippen LogP contribution in [0.15, 0.2) is 59.6 Å². The lowest BCUT2D eigenvalue weighted by Crippen LogP contribution is -2.30. The van der Waals surface area contributed by atoms with Crippen molar-refractivity contribution >= 4 is 40.2 Å². The standard InChI is InChI=1S/C17H12F3N3O2S/c18-17(19,20)11-5-4-8-13(9-11)23-14(24)10-26-16(23)22-15(25)21-12-6-2-1-3-7-12/h1-9H,10H2,(H,21,25)/b22-16-. The van der Waals surface area contributed by atoms with Gasteiger partial charge in [-0.1, -0.05) is 36.0 Å². The van der Waals surface area contributed by atoms with Gasteiger partial charge < -0.3 is 5.32 Å². The Morgan fingerprint density at radius 3 is 2.54 bits per heavy atom. The number of anilines is 2. The molecule has 5 nitrogen and oxygen atoms in total. The quantitative estimate of drug-likeness (QED) is 0.843. The number of para-hydroxylation sites is 1. The fourth-order valence-corrected chi connectivity index (χ4v) is 3.15. The van der Waals surface area contributed by atoms with Gasteiger partial charge in [0.05, 0.1) is 17.0 Å². The summed E-state index contributed by atoms with van der Waals surface area (Å²) in [6.45, 7) is 0. The number of alkyl halides is 3. The number of hydrogen-bond donors (Lipinski definition) is 1. The third-order valence-corrected chi connectivity index (χ3v) is 4.34. The highest BCUT2D eigenvalue weighted by molar-refractivity contribution is 8.15. The number of carbonyl (C=O) groups is 2. The van der Waals surface area contributed by atoms with Crippen molar-refractivity contribution < 1.29 is 22.8 Å². The van der Waals surface area contributed by atoms with Gasteiger partial charge in [-0.25, -0.2) is 4.79 Å². The zero-order valence-corrected chi connectivity index (χ0v) is 14.0. The molecule has 1 N–H and O–H groups in total. The molecule has 0 bridgehead atoms. The molecule has 0 unspecified atom stereocenters. The minimum absolute atomic E-state index is 0.00625. The van der Waals surface area contributed by atoms with Gasteiger partial charge >= 0.3 is 12.2 Å². The Morgan fingerprint density at radius 2 is 1.85 bits per heavy atom. The summed E-state index contributed by atoms with van der Waals surface area (Å²) in [5.74, 6) is -0.450. The zero-order valence-electron chi connectivity index (χ0n) is 13.2. The fourth-order valence-electron chi connectivity index (χ4n) is 2.28. The molecule has 2 aromatic carbocycles. The first-order valence-electron chi connectivity index (χ1n) is 7.42. The van der Waals surface area contributed by atoms with E-state index < -0.39 is 23.7 Å². The second kappa shape index (κ2) is 7.20. The molecule has 9 heteroatoms. The fraction of sp³-hybridized carbons (Fsp3) is 0.118.